The number of carbonyl (C=O) groups excluding carboxylic acids is 2. The van der Waals surface area contributed by atoms with E-state index < -0.39 is 40.4 Å². The topological polar surface area (TPSA) is 126 Å². The number of hydrogen-bond acceptors (Lipinski definition) is 7. The number of thiocarbonyl (C=S) groups is 1. The van der Waals surface area contributed by atoms with Crippen molar-refractivity contribution in [2.24, 2.45) is 0 Å². The Morgan fingerprint density at radius 2 is 1.70 bits per heavy atom. The minimum Gasteiger partial charge on any atom is -0.380 e. The number of anilines is 3. The molecule has 2 aliphatic heterocycles. The van der Waals surface area contributed by atoms with Crippen LogP contribution in [0.3, 0.4) is 0 Å². The van der Waals surface area contributed by atoms with E-state index in [0.717, 1.165) is 38.7 Å². The van der Waals surface area contributed by atoms with E-state index in [1.54, 1.807) is 6.07 Å². The van der Waals surface area contributed by atoms with Crippen molar-refractivity contribution in [2.45, 2.75) is 38.5 Å². The van der Waals surface area contributed by atoms with Gasteiger partial charge in [-0.15, -0.1) is 0 Å². The zero-order chi connectivity index (χ0) is 40.6. The maximum Gasteiger partial charge on any atom is 0.417 e. The van der Waals surface area contributed by atoms with Crippen LogP contribution in [0.5, 0.6) is 0 Å². The van der Waals surface area contributed by atoms with Crippen LogP contribution in [0.25, 0.3) is 22.2 Å². The van der Waals surface area contributed by atoms with Gasteiger partial charge in [-0.1, -0.05) is 24.3 Å². The van der Waals surface area contributed by atoms with Crippen LogP contribution in [-0.4, -0.2) is 60.3 Å². The van der Waals surface area contributed by atoms with Crippen molar-refractivity contribution in [2.75, 3.05) is 48.0 Å². The van der Waals surface area contributed by atoms with E-state index in [4.69, 9.17) is 22.2 Å². The van der Waals surface area contributed by atoms with Gasteiger partial charge in [0.15, 0.2) is 5.11 Å². The number of carbonyl (C=O) groups is 2. The number of alkyl halides is 3. The van der Waals surface area contributed by atoms with Gasteiger partial charge in [-0.3, -0.25) is 14.5 Å². The van der Waals surface area contributed by atoms with Crippen molar-refractivity contribution >= 4 is 57.1 Å². The zero-order valence-corrected chi connectivity index (χ0v) is 31.6. The molecule has 7 rings (SSSR count). The van der Waals surface area contributed by atoms with Gasteiger partial charge in [0.25, 0.3) is 11.8 Å². The van der Waals surface area contributed by atoms with Crippen LogP contribution in [0, 0.1) is 23.0 Å². The van der Waals surface area contributed by atoms with Gasteiger partial charge < -0.3 is 30.6 Å². The minimum atomic E-state index is -4.83. The summed E-state index contributed by atoms with van der Waals surface area (Å²) in [5.74, 6) is -2.00. The summed E-state index contributed by atoms with van der Waals surface area (Å²) in [5.41, 5.74) is 1.86. The molecule has 0 atom stereocenters. The number of amides is 2. The molecule has 3 heterocycles. The van der Waals surface area contributed by atoms with Crippen molar-refractivity contribution in [1.29, 1.82) is 5.26 Å². The lowest BCUT2D eigenvalue weighted by molar-refractivity contribution is -0.137. The van der Waals surface area contributed by atoms with Gasteiger partial charge in [-0.2, -0.15) is 18.4 Å². The first-order valence-corrected chi connectivity index (χ1v) is 18.4. The largest absolute Gasteiger partial charge is 0.417 e. The molecule has 0 bridgehead atoms. The summed E-state index contributed by atoms with van der Waals surface area (Å²) in [6.45, 7) is 5.68. The van der Waals surface area contributed by atoms with Crippen molar-refractivity contribution in [3.8, 4) is 17.3 Å². The molecule has 1 saturated heterocycles. The summed E-state index contributed by atoms with van der Waals surface area (Å²) in [7, 11) is 0. The molecule has 0 aliphatic carbocycles. The van der Waals surface area contributed by atoms with E-state index >= 15 is 4.39 Å². The molecular weight excluding hydrogens is 766 g/mol. The summed E-state index contributed by atoms with van der Waals surface area (Å²) in [6, 6.07) is 19.3. The standard InChI is InChI=1S/C41H36F5N7O3S/c1-40(2)38(55)52(27-8-7-25(21-47)31(19-27)41(44,45)46)39(57)53(40)28-9-10-33(32(43)20-28)49-14-16-56-15-13-48-22-23-3-5-24(6-4-23)36-29-11-12-50-37(54)30-17-26(42)18-34(51-36)35(29)30/h3-10,17-20,48-49,51H,11-16,22H2,1-2H3,(H,50,54). The van der Waals surface area contributed by atoms with Crippen LogP contribution in [-0.2, 0) is 28.7 Å². The number of nitriles is 1. The van der Waals surface area contributed by atoms with Crippen LogP contribution in [0.2, 0.25) is 0 Å². The molecule has 10 nitrogen and oxygen atoms in total. The fraction of sp³-hybridized carbons (Fsp3) is 0.268. The lowest BCUT2D eigenvalue weighted by Crippen LogP contribution is -2.44. The number of aromatic nitrogens is 1. The number of benzene rings is 4. The third kappa shape index (κ3) is 7.65. The molecule has 0 radical (unpaired) electrons. The number of aromatic amines is 1. The highest BCUT2D eigenvalue weighted by atomic mass is 32.1. The monoisotopic (exact) mass is 801 g/mol. The van der Waals surface area contributed by atoms with E-state index in [2.05, 4.69) is 20.9 Å². The molecule has 294 valence electrons. The SMILES string of the molecule is CC1(C)C(=O)N(c2ccc(C#N)c(C(F)(F)F)c2)C(=S)N1c1ccc(NCCOCCNCc2ccc(-c3[nH]c4cc(F)cc5c4c3CCNC5=O)cc2)c(F)c1. The number of nitrogens with one attached hydrogen (secondary N) is 4. The number of H-pyrrole nitrogens is 1. The van der Waals surface area contributed by atoms with Crippen molar-refractivity contribution in [3.63, 3.8) is 0 Å². The van der Waals surface area contributed by atoms with Gasteiger partial charge in [0.1, 0.15) is 17.2 Å². The fourth-order valence-corrected chi connectivity index (χ4v) is 7.73. The molecule has 0 saturated carbocycles. The van der Waals surface area contributed by atoms with Crippen molar-refractivity contribution < 1.29 is 36.3 Å². The second kappa shape index (κ2) is 15.6. The number of nitrogens with zero attached hydrogens (tertiary/aromatic N) is 3. The molecule has 0 unspecified atom stereocenters. The molecule has 2 aliphatic rings. The lowest BCUT2D eigenvalue weighted by Gasteiger charge is -2.29. The number of ether oxygens (including phenoxy) is 1. The molecule has 1 fully saturated rings. The molecule has 1 aromatic heterocycles. The van der Waals surface area contributed by atoms with E-state index in [1.807, 2.05) is 24.3 Å². The Labute approximate surface area is 329 Å². The molecule has 4 aromatic carbocycles. The molecular formula is C41H36F5N7O3S. The Balaban J connectivity index is 0.885. The van der Waals surface area contributed by atoms with E-state index in [9.17, 15) is 27.2 Å². The van der Waals surface area contributed by atoms with E-state index in [1.165, 1.54) is 55.1 Å². The highest BCUT2D eigenvalue weighted by Gasteiger charge is 2.51. The average molecular weight is 802 g/mol. The molecule has 5 aromatic rings. The van der Waals surface area contributed by atoms with Gasteiger partial charge >= 0.3 is 6.18 Å². The van der Waals surface area contributed by atoms with Crippen LogP contribution >= 0.6 is 12.2 Å². The summed E-state index contributed by atoms with van der Waals surface area (Å²) in [6.07, 6.45) is -4.21. The lowest BCUT2D eigenvalue weighted by atomic mass is 9.99. The summed E-state index contributed by atoms with van der Waals surface area (Å²) < 4.78 is 76.2. The Morgan fingerprint density at radius 3 is 2.42 bits per heavy atom. The highest BCUT2D eigenvalue weighted by molar-refractivity contribution is 7.81. The van der Waals surface area contributed by atoms with Gasteiger partial charge in [0, 0.05) is 48.5 Å². The number of rotatable bonds is 12. The van der Waals surface area contributed by atoms with Crippen LogP contribution in [0.15, 0.2) is 72.8 Å². The zero-order valence-electron chi connectivity index (χ0n) is 30.7. The first-order valence-electron chi connectivity index (χ1n) is 18.0. The van der Waals surface area contributed by atoms with Gasteiger partial charge in [0.05, 0.1) is 47.3 Å². The summed E-state index contributed by atoms with van der Waals surface area (Å²) >= 11 is 5.54. The Morgan fingerprint density at radius 1 is 0.965 bits per heavy atom. The third-order valence-corrected chi connectivity index (χ3v) is 10.4. The van der Waals surface area contributed by atoms with E-state index in [-0.39, 0.29) is 34.7 Å². The summed E-state index contributed by atoms with van der Waals surface area (Å²) in [5, 5.41) is 18.9. The van der Waals surface area contributed by atoms with Gasteiger partial charge in [0.2, 0.25) is 0 Å². The maximum atomic E-state index is 15.3. The van der Waals surface area contributed by atoms with E-state index in [0.29, 0.717) is 56.4 Å². The predicted molar refractivity (Wildman–Crippen MR) is 210 cm³/mol. The van der Waals surface area contributed by atoms with Crippen LogP contribution < -0.4 is 25.8 Å². The Hall–Kier alpha value is -5.89. The number of halogens is 5. The smallest absolute Gasteiger partial charge is 0.380 e. The predicted octanol–water partition coefficient (Wildman–Crippen LogP) is 7.42. The van der Waals surface area contributed by atoms with Gasteiger partial charge in [-0.25, -0.2) is 8.78 Å². The second-order valence-corrected chi connectivity index (χ2v) is 14.5. The first kappa shape index (κ1) is 39.3. The van der Waals surface area contributed by atoms with Crippen molar-refractivity contribution in [1.82, 2.24) is 15.6 Å². The molecule has 57 heavy (non-hydrogen) atoms. The molecule has 16 heteroatoms. The van der Waals surface area contributed by atoms with Crippen molar-refractivity contribution in [3.05, 3.63) is 112 Å². The van der Waals surface area contributed by atoms with Crippen LogP contribution in [0.1, 0.15) is 46.5 Å². The normalized spacial score (nSPS) is 15.2. The Kier molecular flexibility index (Phi) is 10.7. The quantitative estimate of drug-likeness (QED) is 0.0584. The fourth-order valence-electron chi connectivity index (χ4n) is 7.21. The summed E-state index contributed by atoms with van der Waals surface area (Å²) in [4.78, 5) is 31.6. The molecule has 0 spiro atoms. The van der Waals surface area contributed by atoms with Crippen LogP contribution in [0.4, 0.5) is 39.0 Å². The third-order valence-electron chi connectivity index (χ3n) is 9.99. The molecule has 4 N–H and O–H groups in total. The first-order chi connectivity index (χ1) is 27.2. The number of hydrogen-bond donors (Lipinski definition) is 4. The average Bonchev–Trinajstić information content (AvgIpc) is 3.54. The van der Waals surface area contributed by atoms with Gasteiger partial charge in [-0.05, 0) is 97.7 Å². The maximum absolute atomic E-state index is 15.3. The minimum absolute atomic E-state index is 0.137. The molecule has 2 amide bonds. The highest BCUT2D eigenvalue weighted by Crippen LogP contribution is 2.40. The Bertz CT molecular complexity index is 2440. The second-order valence-electron chi connectivity index (χ2n) is 14.1.